The van der Waals surface area contributed by atoms with Gasteiger partial charge in [0.15, 0.2) is 0 Å². The molecule has 1 unspecified atom stereocenters. The van der Waals surface area contributed by atoms with Gasteiger partial charge in [-0.3, -0.25) is 9.48 Å². The normalized spacial score (nSPS) is 12.9. The molecule has 0 saturated carbocycles. The van der Waals surface area contributed by atoms with E-state index in [1.165, 1.54) is 0 Å². The van der Waals surface area contributed by atoms with E-state index in [0.717, 1.165) is 5.69 Å². The third-order valence-electron chi connectivity index (χ3n) is 2.52. The van der Waals surface area contributed by atoms with Crippen molar-refractivity contribution in [2.24, 2.45) is 13.0 Å². The number of aryl methyl sites for hydroxylation is 2. The molecule has 0 fully saturated rings. The lowest BCUT2D eigenvalue weighted by atomic mass is 10.1. The summed E-state index contributed by atoms with van der Waals surface area (Å²) >= 11 is 5.80. The van der Waals surface area contributed by atoms with Gasteiger partial charge in [-0.15, -0.1) is 11.6 Å². The Balaban J connectivity index is 2.75. The van der Waals surface area contributed by atoms with Crippen LogP contribution in [0.3, 0.4) is 0 Å². The molecule has 0 saturated heterocycles. The van der Waals surface area contributed by atoms with Gasteiger partial charge in [0.05, 0.1) is 5.69 Å². The number of nitrogens with zero attached hydrogens (tertiary/aromatic N) is 2. The molecule has 0 bridgehead atoms. The van der Waals surface area contributed by atoms with Crippen molar-refractivity contribution in [2.45, 2.75) is 26.8 Å². The lowest BCUT2D eigenvalue weighted by Gasteiger charge is -2.19. The van der Waals surface area contributed by atoms with E-state index in [1.807, 2.05) is 20.8 Å². The molecule has 5 heteroatoms. The van der Waals surface area contributed by atoms with Crippen LogP contribution < -0.4 is 5.32 Å². The van der Waals surface area contributed by atoms with E-state index in [-0.39, 0.29) is 11.9 Å². The van der Waals surface area contributed by atoms with E-state index < -0.39 is 0 Å². The number of carbonyl (C=O) groups excluding carboxylic acids is 1. The maximum atomic E-state index is 11.9. The molecule has 0 aliphatic carbocycles. The third-order valence-corrected chi connectivity index (χ3v) is 2.85. The molecule has 1 atom stereocenters. The quantitative estimate of drug-likeness (QED) is 0.819. The van der Waals surface area contributed by atoms with Crippen LogP contribution >= 0.6 is 11.6 Å². The smallest absolute Gasteiger partial charge is 0.269 e. The standard InChI is InChI=1S/C11H18ClN3O/c1-7(2)9(6-12)13-11(16)10-5-8(3)14-15(10)4/h5,7,9H,6H2,1-4H3,(H,13,16). The Morgan fingerprint density at radius 1 is 1.62 bits per heavy atom. The summed E-state index contributed by atoms with van der Waals surface area (Å²) in [6, 6.07) is 1.75. The van der Waals surface area contributed by atoms with Crippen LogP contribution in [0.5, 0.6) is 0 Å². The minimum atomic E-state index is -0.123. The molecule has 0 aromatic carbocycles. The number of rotatable bonds is 4. The Labute approximate surface area is 101 Å². The molecular formula is C11H18ClN3O. The minimum Gasteiger partial charge on any atom is -0.347 e. The summed E-state index contributed by atoms with van der Waals surface area (Å²) < 4.78 is 1.58. The summed E-state index contributed by atoms with van der Waals surface area (Å²) in [6.07, 6.45) is 0. The molecule has 1 aromatic heterocycles. The summed E-state index contributed by atoms with van der Waals surface area (Å²) in [5.74, 6) is 0.610. The lowest BCUT2D eigenvalue weighted by Crippen LogP contribution is -2.40. The minimum absolute atomic E-state index is 0.00984. The zero-order chi connectivity index (χ0) is 12.3. The summed E-state index contributed by atoms with van der Waals surface area (Å²) in [6.45, 7) is 5.92. The van der Waals surface area contributed by atoms with Crippen molar-refractivity contribution in [1.29, 1.82) is 0 Å². The van der Waals surface area contributed by atoms with Gasteiger partial charge < -0.3 is 5.32 Å². The third kappa shape index (κ3) is 2.98. The highest BCUT2D eigenvalue weighted by atomic mass is 35.5. The number of aromatic nitrogens is 2. The summed E-state index contributed by atoms with van der Waals surface area (Å²) in [5, 5.41) is 7.04. The van der Waals surface area contributed by atoms with Crippen molar-refractivity contribution in [1.82, 2.24) is 15.1 Å². The number of halogens is 1. The molecular weight excluding hydrogens is 226 g/mol. The van der Waals surface area contributed by atoms with E-state index >= 15 is 0 Å². The van der Waals surface area contributed by atoms with E-state index in [1.54, 1.807) is 17.8 Å². The Hall–Kier alpha value is -1.03. The number of hydrogen-bond acceptors (Lipinski definition) is 2. The second-order valence-corrected chi connectivity index (χ2v) is 4.58. The second kappa shape index (κ2) is 5.34. The maximum absolute atomic E-state index is 11.9. The molecule has 4 nitrogen and oxygen atoms in total. The van der Waals surface area contributed by atoms with Crippen molar-refractivity contribution in [3.8, 4) is 0 Å². The molecule has 0 aliphatic rings. The number of carbonyl (C=O) groups is 1. The molecule has 1 N–H and O–H groups in total. The van der Waals surface area contributed by atoms with Crippen molar-refractivity contribution >= 4 is 17.5 Å². The summed E-state index contributed by atoms with van der Waals surface area (Å²) in [5.41, 5.74) is 1.40. The highest BCUT2D eigenvalue weighted by Crippen LogP contribution is 2.07. The predicted octanol–water partition coefficient (Wildman–Crippen LogP) is 1.72. The van der Waals surface area contributed by atoms with Crippen LogP contribution in [0, 0.1) is 12.8 Å². The Bertz CT molecular complexity index is 373. The average Bonchev–Trinajstić information content (AvgIpc) is 2.53. The fourth-order valence-corrected chi connectivity index (χ4v) is 1.88. The first kappa shape index (κ1) is 13.0. The van der Waals surface area contributed by atoms with Crippen LogP contribution in [0.1, 0.15) is 30.0 Å². The van der Waals surface area contributed by atoms with Crippen LogP contribution in [0.25, 0.3) is 0 Å². The maximum Gasteiger partial charge on any atom is 0.269 e. The zero-order valence-corrected chi connectivity index (χ0v) is 10.9. The number of nitrogens with one attached hydrogen (secondary N) is 1. The fourth-order valence-electron chi connectivity index (χ4n) is 1.45. The predicted molar refractivity (Wildman–Crippen MR) is 64.8 cm³/mol. The SMILES string of the molecule is Cc1cc(C(=O)NC(CCl)C(C)C)n(C)n1. The number of hydrogen-bond donors (Lipinski definition) is 1. The van der Waals surface area contributed by atoms with Crippen molar-refractivity contribution < 1.29 is 4.79 Å². The first-order valence-electron chi connectivity index (χ1n) is 5.33. The van der Waals surface area contributed by atoms with Gasteiger partial charge in [0.1, 0.15) is 5.69 Å². The first-order chi connectivity index (χ1) is 7.45. The first-order valence-corrected chi connectivity index (χ1v) is 5.86. The Morgan fingerprint density at radius 2 is 2.25 bits per heavy atom. The van der Waals surface area contributed by atoms with Crippen molar-refractivity contribution in [3.63, 3.8) is 0 Å². The van der Waals surface area contributed by atoms with Gasteiger partial charge in [0.2, 0.25) is 0 Å². The van der Waals surface area contributed by atoms with Crippen LogP contribution in [0.15, 0.2) is 6.07 Å². The second-order valence-electron chi connectivity index (χ2n) is 4.27. The molecule has 0 aliphatic heterocycles. The summed E-state index contributed by atoms with van der Waals surface area (Å²) in [7, 11) is 1.76. The topological polar surface area (TPSA) is 46.9 Å². The molecule has 1 rings (SSSR count). The van der Waals surface area contributed by atoms with Crippen LogP contribution in [0.2, 0.25) is 0 Å². The van der Waals surface area contributed by atoms with Crippen LogP contribution in [-0.4, -0.2) is 27.6 Å². The van der Waals surface area contributed by atoms with Gasteiger partial charge in [-0.25, -0.2) is 0 Å². The molecule has 16 heavy (non-hydrogen) atoms. The van der Waals surface area contributed by atoms with Crippen molar-refractivity contribution in [2.75, 3.05) is 5.88 Å². The van der Waals surface area contributed by atoms with Gasteiger partial charge in [-0.2, -0.15) is 5.10 Å². The zero-order valence-electron chi connectivity index (χ0n) is 10.1. The summed E-state index contributed by atoms with van der Waals surface area (Å²) in [4.78, 5) is 11.9. The fraction of sp³-hybridized carbons (Fsp3) is 0.636. The number of amides is 1. The molecule has 0 radical (unpaired) electrons. The molecule has 1 amide bonds. The van der Waals surface area contributed by atoms with E-state index in [4.69, 9.17) is 11.6 Å². The molecule has 1 heterocycles. The lowest BCUT2D eigenvalue weighted by molar-refractivity contribution is 0.0921. The molecule has 1 aromatic rings. The molecule has 90 valence electrons. The van der Waals surface area contributed by atoms with Crippen LogP contribution in [0.4, 0.5) is 0 Å². The van der Waals surface area contributed by atoms with Gasteiger partial charge in [-0.05, 0) is 18.9 Å². The highest BCUT2D eigenvalue weighted by Gasteiger charge is 2.18. The van der Waals surface area contributed by atoms with Gasteiger partial charge >= 0.3 is 0 Å². The number of alkyl halides is 1. The molecule has 0 spiro atoms. The van der Waals surface area contributed by atoms with Crippen molar-refractivity contribution in [3.05, 3.63) is 17.5 Å². The van der Waals surface area contributed by atoms with Gasteiger partial charge in [-0.1, -0.05) is 13.8 Å². The van der Waals surface area contributed by atoms with Gasteiger partial charge in [0.25, 0.3) is 5.91 Å². The van der Waals surface area contributed by atoms with E-state index in [2.05, 4.69) is 10.4 Å². The van der Waals surface area contributed by atoms with Crippen LogP contribution in [-0.2, 0) is 7.05 Å². The highest BCUT2D eigenvalue weighted by molar-refractivity contribution is 6.18. The Morgan fingerprint density at radius 3 is 2.62 bits per heavy atom. The van der Waals surface area contributed by atoms with E-state index in [0.29, 0.717) is 17.5 Å². The van der Waals surface area contributed by atoms with Gasteiger partial charge in [0, 0.05) is 19.0 Å². The Kier molecular flexibility index (Phi) is 4.35. The average molecular weight is 244 g/mol. The van der Waals surface area contributed by atoms with E-state index in [9.17, 15) is 4.79 Å². The largest absolute Gasteiger partial charge is 0.347 e. The monoisotopic (exact) mass is 243 g/mol.